The smallest absolute Gasteiger partial charge is 1.00 e. The van der Waals surface area contributed by atoms with Gasteiger partial charge in [0.2, 0.25) is 0 Å². The zero-order valence-electron chi connectivity index (χ0n) is 49.2. The van der Waals surface area contributed by atoms with Gasteiger partial charge < -0.3 is 56.6 Å². The van der Waals surface area contributed by atoms with E-state index in [2.05, 4.69) is 31.8 Å². The summed E-state index contributed by atoms with van der Waals surface area (Å²) in [5.41, 5.74) is 4.59. The van der Waals surface area contributed by atoms with E-state index < -0.39 is 41.0 Å². The van der Waals surface area contributed by atoms with Crippen LogP contribution in [0.1, 0.15) is 194 Å². The molecule has 5 aromatic rings. The first-order valence-corrected chi connectivity index (χ1v) is 25.3. The number of nitrogens with two attached hydrogens (primary N) is 1. The molecule has 0 aliphatic carbocycles. The van der Waals surface area contributed by atoms with Crippen molar-refractivity contribution in [3.8, 4) is 17.2 Å². The number of alkyl carbamates (subject to hydrolysis) is 2. The number of halogens is 5. The first kappa shape index (κ1) is 116. The number of alkyl halides is 1. The van der Waals surface area contributed by atoms with Crippen molar-refractivity contribution in [2.24, 2.45) is 5.73 Å². The average Bonchev–Trinajstić information content (AvgIpc) is 3.78. The molecule has 0 saturated heterocycles. The fourth-order valence-corrected chi connectivity index (χ4v) is 5.71. The number of aromatic hydroxyl groups is 1. The molecule has 5 rings (SSSR count). The van der Waals surface area contributed by atoms with Crippen LogP contribution in [-0.4, -0.2) is 135 Å². The van der Waals surface area contributed by atoms with Gasteiger partial charge in [-0.1, -0.05) is 85.9 Å². The summed E-state index contributed by atoms with van der Waals surface area (Å²) in [6.45, 7) is 19.7. The second kappa shape index (κ2) is 61.4. The minimum absolute atomic E-state index is 0. The van der Waals surface area contributed by atoms with Crippen LogP contribution in [-0.2, 0) is 30.3 Å². The SMILES string of the molecule is C.C.C.C.C.C.C.C.C.C.CC(C)(C)OC(=O)CCCCl.CC(C)(C)OC(=O)NCCOc1ccc(F)cc1C=O.CCOC(=O)c1cnn2ccc(Cl)nc12.CN.CNCc1cc(F)ccc1OCCNC(=O)OC(C)(C)C.O=Cc1cc(F)ccc1O.[B].[H-].[Na+]. The van der Waals surface area contributed by atoms with Gasteiger partial charge >= 0.3 is 53.7 Å². The molecule has 2 aromatic heterocycles. The summed E-state index contributed by atoms with van der Waals surface area (Å²) < 4.78 is 70.7. The van der Waals surface area contributed by atoms with E-state index in [9.17, 15) is 41.9 Å². The van der Waals surface area contributed by atoms with Crippen molar-refractivity contribution in [1.82, 2.24) is 30.5 Å². The Kier molecular flexibility index (Phi) is 77.9. The molecule has 0 aliphatic heterocycles. The average molecular weight is 1350 g/mol. The number of nitrogens with zero attached hydrogens (tertiary/aromatic N) is 3. The number of rotatable bonds is 17. The zero-order valence-corrected chi connectivity index (χ0v) is 51.7. The number of carbonyl (C=O) groups is 6. The molecule has 2 heterocycles. The van der Waals surface area contributed by atoms with Gasteiger partial charge in [-0.25, -0.2) is 37.1 Å². The maximum absolute atomic E-state index is 13.2. The Morgan fingerprint density at radius 3 is 1.53 bits per heavy atom. The standard InChI is InChI=1S/C15H23FN2O3.C14H18FNO4.C9H8ClN3O2.C8H15ClO2.C7H5FO2.CH5N.10CH4.B.Na.H/c1-15(2,3)21-14(19)18-7-8-20-13-6-5-12(16)9-11(13)10-17-4;1-14(2,3)20-13(18)16-6-7-19-12-5-4-11(15)8-10(12)9-17;1-2-15-9(14)6-5-11-13-4-3-7(10)12-8(6)13;1-8(2,3)11-7(10)5-4-6-9;8-6-1-2-7(10)5(3-6)4-9;1-2;;;;;;;;;;;;;/h5-6,9,17H,7-8,10H2,1-4H3,(H,18,19);4-5,8-9H,6-7H2,1-3H3,(H,16,18);3-5H,2H2,1H3;4-6H2,1-3H3;1-4,10H;2H2,1H3;10*1H4;;;/q;;;;;;;;;;;;;;;;;+1;-1. The zero-order chi connectivity index (χ0) is 60.4. The number of phenols is 1. The second-order valence-corrected chi connectivity index (χ2v) is 19.4. The number of nitrogens with one attached hydrogen (secondary N) is 3. The monoisotopic (exact) mass is 1350 g/mol. The number of fused-ring (bicyclic) bond motifs is 1. The Labute approximate surface area is 581 Å². The molecule has 523 valence electrons. The van der Waals surface area contributed by atoms with Gasteiger partial charge in [-0.15, -0.1) is 11.6 Å². The number of amides is 2. The number of hydrogen-bond donors (Lipinski definition) is 5. The molecule has 0 bridgehead atoms. The quantitative estimate of drug-likeness (QED) is 0.0110. The molecule has 3 radical (unpaired) electrons. The first-order chi connectivity index (χ1) is 37.0. The largest absolute Gasteiger partial charge is 1.00 e. The van der Waals surface area contributed by atoms with Crippen molar-refractivity contribution in [2.45, 2.75) is 180 Å². The predicted octanol–water partition coefficient (Wildman–Crippen LogP) is 12.9. The van der Waals surface area contributed by atoms with Crippen molar-refractivity contribution in [3.63, 3.8) is 0 Å². The van der Waals surface area contributed by atoms with Crippen LogP contribution in [0.25, 0.3) is 5.65 Å². The fraction of sp³-hybridized carbons (Fsp3) is 0.531. The Morgan fingerprint density at radius 2 is 1.11 bits per heavy atom. The molecule has 2 amide bonds. The summed E-state index contributed by atoms with van der Waals surface area (Å²) in [7, 11) is 3.28. The summed E-state index contributed by atoms with van der Waals surface area (Å²) >= 11 is 11.1. The Morgan fingerprint density at radius 1 is 0.681 bits per heavy atom. The summed E-state index contributed by atoms with van der Waals surface area (Å²) in [6, 6.07) is 12.8. The van der Waals surface area contributed by atoms with Crippen LogP contribution in [0.3, 0.4) is 0 Å². The Hall–Kier alpha value is -6.15. The third kappa shape index (κ3) is 54.2. The number of esters is 2. The van der Waals surface area contributed by atoms with E-state index in [1.165, 1.54) is 42.0 Å². The molecular weight excluding hydrogens is 1240 g/mol. The molecule has 91 heavy (non-hydrogen) atoms. The van der Waals surface area contributed by atoms with Crippen LogP contribution in [0, 0.1) is 17.5 Å². The summed E-state index contributed by atoms with van der Waals surface area (Å²) in [4.78, 5) is 70.0. The van der Waals surface area contributed by atoms with Crippen molar-refractivity contribution >= 4 is 74.0 Å². The van der Waals surface area contributed by atoms with Gasteiger partial charge in [0.1, 0.15) is 75.4 Å². The van der Waals surface area contributed by atoms with Crippen LogP contribution >= 0.6 is 23.2 Å². The van der Waals surface area contributed by atoms with E-state index in [1.807, 2.05) is 20.8 Å². The van der Waals surface area contributed by atoms with Crippen LogP contribution < -0.4 is 60.7 Å². The van der Waals surface area contributed by atoms with Gasteiger partial charge in [0, 0.05) is 39.0 Å². The third-order valence-corrected chi connectivity index (χ3v) is 8.90. The van der Waals surface area contributed by atoms with Crippen LogP contribution in [0.4, 0.5) is 22.8 Å². The molecule has 20 nitrogen and oxygen atoms in total. The number of phenolic OH excluding ortho intramolecular Hbond substituents is 1. The predicted molar refractivity (Wildman–Crippen MR) is 368 cm³/mol. The number of aldehydes is 2. The van der Waals surface area contributed by atoms with Crippen molar-refractivity contribution in [3.05, 3.63) is 118 Å². The topological polar surface area (TPSA) is 270 Å². The van der Waals surface area contributed by atoms with Gasteiger partial charge in [0.25, 0.3) is 0 Å². The van der Waals surface area contributed by atoms with Crippen molar-refractivity contribution < 1.29 is 106 Å². The minimum atomic E-state index is -0.563. The summed E-state index contributed by atoms with van der Waals surface area (Å²) in [6.07, 6.45) is 4.04. The molecule has 6 N–H and O–H groups in total. The van der Waals surface area contributed by atoms with E-state index in [-0.39, 0.29) is 173 Å². The van der Waals surface area contributed by atoms with Crippen molar-refractivity contribution in [2.75, 3.05) is 52.9 Å². The first-order valence-electron chi connectivity index (χ1n) is 24.4. The molecular formula is C64H115BCl2F3N7NaO13. The summed E-state index contributed by atoms with van der Waals surface area (Å²) in [5, 5.41) is 21.2. The number of ether oxygens (including phenoxy) is 6. The number of carbonyl (C=O) groups excluding carboxylic acids is 6. The van der Waals surface area contributed by atoms with Gasteiger partial charge in [0.05, 0.1) is 37.0 Å². The van der Waals surface area contributed by atoms with E-state index in [0.29, 0.717) is 73.1 Å². The molecule has 0 spiro atoms. The molecule has 0 saturated carbocycles. The molecule has 0 unspecified atom stereocenters. The van der Waals surface area contributed by atoms with Crippen LogP contribution in [0.5, 0.6) is 17.2 Å². The summed E-state index contributed by atoms with van der Waals surface area (Å²) in [5.74, 6) is -0.772. The molecule has 0 aliphatic rings. The van der Waals surface area contributed by atoms with E-state index in [4.69, 9.17) is 56.7 Å². The van der Waals surface area contributed by atoms with E-state index >= 15 is 0 Å². The Balaban J connectivity index is -0.0000000675. The second-order valence-electron chi connectivity index (χ2n) is 18.6. The molecule has 0 fully saturated rings. The van der Waals surface area contributed by atoms with E-state index in [0.717, 1.165) is 29.8 Å². The minimum Gasteiger partial charge on any atom is -1.00 e. The van der Waals surface area contributed by atoms with Crippen LogP contribution in [0.2, 0.25) is 5.15 Å². The number of benzene rings is 3. The van der Waals surface area contributed by atoms with Gasteiger partial charge in [0.15, 0.2) is 18.2 Å². The van der Waals surface area contributed by atoms with Gasteiger partial charge in [-0.05, 0) is 150 Å². The third-order valence-electron chi connectivity index (χ3n) is 8.43. The normalized spacial score (nSPS) is 9.12. The van der Waals surface area contributed by atoms with Gasteiger partial charge in [-0.3, -0.25) is 14.4 Å². The molecule has 27 heteroatoms. The number of hydrogen-bond acceptors (Lipinski definition) is 17. The van der Waals surface area contributed by atoms with Crippen LogP contribution in [0.15, 0.2) is 73.1 Å². The van der Waals surface area contributed by atoms with E-state index in [1.54, 1.807) is 73.8 Å². The Bertz CT molecular complexity index is 2690. The maximum Gasteiger partial charge on any atom is 1.00 e. The molecule has 3 aromatic carbocycles. The van der Waals surface area contributed by atoms with Crippen molar-refractivity contribution in [1.29, 1.82) is 0 Å². The fourth-order valence-electron chi connectivity index (χ4n) is 5.44. The number of aromatic nitrogens is 3. The molecule has 0 atom stereocenters. The van der Waals surface area contributed by atoms with Gasteiger partial charge in [-0.2, -0.15) is 5.10 Å². The maximum atomic E-state index is 13.2.